The molecule has 1 aliphatic rings. The lowest BCUT2D eigenvalue weighted by Gasteiger charge is -2.24. The number of anilines is 2. The minimum absolute atomic E-state index is 0.164. The van der Waals surface area contributed by atoms with Gasteiger partial charge in [-0.2, -0.15) is 5.26 Å². The van der Waals surface area contributed by atoms with Crippen molar-refractivity contribution in [1.29, 1.82) is 5.26 Å². The maximum atomic E-state index is 12.0. The van der Waals surface area contributed by atoms with Crippen molar-refractivity contribution in [2.75, 3.05) is 38.2 Å². The van der Waals surface area contributed by atoms with Crippen molar-refractivity contribution in [3.63, 3.8) is 0 Å². The topological polar surface area (TPSA) is 94.2 Å². The molecule has 4 N–H and O–H groups in total. The first-order valence-corrected chi connectivity index (χ1v) is 7.37. The smallest absolute Gasteiger partial charge is 0.265 e. The van der Waals surface area contributed by atoms with E-state index >= 15 is 0 Å². The van der Waals surface area contributed by atoms with Crippen LogP contribution in [0.5, 0.6) is 0 Å². The van der Waals surface area contributed by atoms with Crippen LogP contribution in [0.25, 0.3) is 0 Å². The molecule has 2 heterocycles. The second-order valence-corrected chi connectivity index (χ2v) is 6.05. The van der Waals surface area contributed by atoms with Gasteiger partial charge in [0.2, 0.25) is 0 Å². The van der Waals surface area contributed by atoms with Crippen LogP contribution in [0.15, 0.2) is 0 Å². The lowest BCUT2D eigenvalue weighted by molar-refractivity contribution is 0.0833. The Hall–Kier alpha value is -1.78. The molecule has 1 aliphatic heterocycles. The van der Waals surface area contributed by atoms with Gasteiger partial charge in [-0.3, -0.25) is 4.79 Å². The minimum Gasteiger partial charge on any atom is -0.396 e. The van der Waals surface area contributed by atoms with E-state index in [2.05, 4.69) is 16.7 Å². The lowest BCUT2D eigenvalue weighted by Crippen LogP contribution is -2.35. The molecule has 1 amide bonds. The highest BCUT2D eigenvalue weighted by Crippen LogP contribution is 2.36. The number of thiophene rings is 1. The number of nitrogens with two attached hydrogens (primary N) is 1. The number of hydrogen-bond acceptors (Lipinski definition) is 6. The van der Waals surface area contributed by atoms with Crippen LogP contribution in [0.2, 0.25) is 0 Å². The second-order valence-electron chi connectivity index (χ2n) is 5.03. The molecule has 20 heavy (non-hydrogen) atoms. The first-order chi connectivity index (χ1) is 9.54. The summed E-state index contributed by atoms with van der Waals surface area (Å²) in [5.74, 6) is -0.164. The molecule has 0 saturated carbocycles. The number of rotatable bonds is 3. The number of amides is 1. The van der Waals surface area contributed by atoms with Crippen molar-refractivity contribution in [3.05, 3.63) is 10.4 Å². The summed E-state index contributed by atoms with van der Waals surface area (Å²) in [6, 6.07) is 2.43. The average Bonchev–Trinajstić information content (AvgIpc) is 2.75. The highest BCUT2D eigenvalue weighted by atomic mass is 32.1. The van der Waals surface area contributed by atoms with Crippen molar-refractivity contribution in [2.45, 2.75) is 18.9 Å². The Morgan fingerprint density at radius 1 is 1.50 bits per heavy atom. The van der Waals surface area contributed by atoms with Gasteiger partial charge in [-0.05, 0) is 25.9 Å². The Morgan fingerprint density at radius 2 is 2.15 bits per heavy atom. The summed E-state index contributed by atoms with van der Waals surface area (Å²) in [7, 11) is 3.35. The standard InChI is InChI=1S/C13H19N5OS/c1-18(2)13(19)11-10(15)9(7-14)12(20-11)17-8-3-5-16-6-4-8/h8,16-17H,3-6,15H2,1-2H3. The van der Waals surface area contributed by atoms with E-state index in [-0.39, 0.29) is 11.6 Å². The molecule has 0 spiro atoms. The number of nitrogens with zero attached hydrogens (tertiary/aromatic N) is 2. The fraction of sp³-hybridized carbons (Fsp3) is 0.538. The summed E-state index contributed by atoms with van der Waals surface area (Å²) in [5.41, 5.74) is 6.62. The Labute approximate surface area is 122 Å². The molecule has 1 aromatic heterocycles. The van der Waals surface area contributed by atoms with E-state index in [1.165, 1.54) is 16.2 Å². The van der Waals surface area contributed by atoms with Crippen molar-refractivity contribution >= 4 is 27.9 Å². The van der Waals surface area contributed by atoms with Crippen LogP contribution in [-0.4, -0.2) is 44.0 Å². The van der Waals surface area contributed by atoms with Gasteiger partial charge in [0.1, 0.15) is 21.5 Å². The normalized spacial score (nSPS) is 15.7. The van der Waals surface area contributed by atoms with Gasteiger partial charge >= 0.3 is 0 Å². The van der Waals surface area contributed by atoms with Gasteiger partial charge in [0.15, 0.2) is 0 Å². The molecule has 108 valence electrons. The quantitative estimate of drug-likeness (QED) is 0.775. The van der Waals surface area contributed by atoms with Gasteiger partial charge in [-0.1, -0.05) is 0 Å². The monoisotopic (exact) mass is 293 g/mol. The zero-order chi connectivity index (χ0) is 14.7. The number of nitriles is 1. The van der Waals surface area contributed by atoms with Crippen LogP contribution in [-0.2, 0) is 0 Å². The lowest BCUT2D eigenvalue weighted by atomic mass is 10.1. The van der Waals surface area contributed by atoms with Gasteiger partial charge in [0.05, 0.1) is 5.69 Å². The first kappa shape index (κ1) is 14.6. The van der Waals surface area contributed by atoms with E-state index in [4.69, 9.17) is 5.73 Å². The third-order valence-corrected chi connectivity index (χ3v) is 4.46. The van der Waals surface area contributed by atoms with Crippen LogP contribution in [0.4, 0.5) is 10.7 Å². The summed E-state index contributed by atoms with van der Waals surface area (Å²) < 4.78 is 0. The molecule has 0 atom stereocenters. The van der Waals surface area contributed by atoms with Crippen LogP contribution < -0.4 is 16.4 Å². The van der Waals surface area contributed by atoms with Crippen LogP contribution in [0.1, 0.15) is 28.1 Å². The van der Waals surface area contributed by atoms with E-state index in [9.17, 15) is 10.1 Å². The third kappa shape index (κ3) is 2.86. The van der Waals surface area contributed by atoms with Crippen molar-refractivity contribution < 1.29 is 4.79 Å². The molecule has 6 nitrogen and oxygen atoms in total. The summed E-state index contributed by atoms with van der Waals surface area (Å²) in [6.07, 6.45) is 2.00. The molecular weight excluding hydrogens is 274 g/mol. The van der Waals surface area contributed by atoms with E-state index in [0.717, 1.165) is 25.9 Å². The number of carbonyl (C=O) groups excluding carboxylic acids is 1. The van der Waals surface area contributed by atoms with Crippen molar-refractivity contribution in [3.8, 4) is 6.07 Å². The number of nitrogen functional groups attached to an aromatic ring is 1. The molecule has 2 rings (SSSR count). The van der Waals surface area contributed by atoms with Crippen LogP contribution >= 0.6 is 11.3 Å². The van der Waals surface area contributed by atoms with Crippen molar-refractivity contribution in [2.24, 2.45) is 0 Å². The Morgan fingerprint density at radius 3 is 2.70 bits per heavy atom. The summed E-state index contributed by atoms with van der Waals surface area (Å²) in [4.78, 5) is 14.0. The van der Waals surface area contributed by atoms with E-state index < -0.39 is 0 Å². The maximum Gasteiger partial charge on any atom is 0.265 e. The number of carbonyl (C=O) groups is 1. The average molecular weight is 293 g/mol. The first-order valence-electron chi connectivity index (χ1n) is 6.55. The molecule has 0 unspecified atom stereocenters. The molecule has 1 fully saturated rings. The molecule has 0 radical (unpaired) electrons. The highest BCUT2D eigenvalue weighted by Gasteiger charge is 2.24. The van der Waals surface area contributed by atoms with Gasteiger partial charge in [0.25, 0.3) is 5.91 Å². The fourth-order valence-electron chi connectivity index (χ4n) is 2.17. The number of piperidine rings is 1. The summed E-state index contributed by atoms with van der Waals surface area (Å²) >= 11 is 1.27. The number of hydrogen-bond donors (Lipinski definition) is 3. The van der Waals surface area contributed by atoms with Gasteiger partial charge in [-0.25, -0.2) is 0 Å². The molecular formula is C13H19N5OS. The molecule has 1 aromatic rings. The van der Waals surface area contributed by atoms with E-state index in [1.54, 1.807) is 14.1 Å². The number of nitrogens with one attached hydrogen (secondary N) is 2. The van der Waals surface area contributed by atoms with Crippen molar-refractivity contribution in [1.82, 2.24) is 10.2 Å². The predicted octanol–water partition coefficient (Wildman–Crippen LogP) is 1.07. The SMILES string of the molecule is CN(C)C(=O)c1sc(NC2CCNCC2)c(C#N)c1N. The molecule has 0 aliphatic carbocycles. The fourth-order valence-corrected chi connectivity index (χ4v) is 3.34. The predicted molar refractivity (Wildman–Crippen MR) is 81.0 cm³/mol. The zero-order valence-corrected chi connectivity index (χ0v) is 12.5. The second kappa shape index (κ2) is 6.11. The van der Waals surface area contributed by atoms with Gasteiger partial charge < -0.3 is 21.3 Å². The zero-order valence-electron chi connectivity index (χ0n) is 11.7. The molecule has 7 heteroatoms. The van der Waals surface area contributed by atoms with E-state index in [0.29, 0.717) is 21.5 Å². The van der Waals surface area contributed by atoms with Gasteiger partial charge in [-0.15, -0.1) is 11.3 Å². The third-order valence-electron chi connectivity index (χ3n) is 3.33. The minimum atomic E-state index is -0.164. The Kier molecular flexibility index (Phi) is 4.47. The maximum absolute atomic E-state index is 12.0. The molecule has 1 saturated heterocycles. The summed E-state index contributed by atoms with van der Waals surface area (Å²) in [5, 5.41) is 16.6. The largest absolute Gasteiger partial charge is 0.396 e. The van der Waals surface area contributed by atoms with Crippen LogP contribution in [0.3, 0.4) is 0 Å². The Balaban J connectivity index is 2.26. The summed E-state index contributed by atoms with van der Waals surface area (Å²) in [6.45, 7) is 1.92. The van der Waals surface area contributed by atoms with Crippen LogP contribution in [0, 0.1) is 11.3 Å². The molecule has 0 aromatic carbocycles. The highest BCUT2D eigenvalue weighted by molar-refractivity contribution is 7.18. The van der Waals surface area contributed by atoms with Gasteiger partial charge in [0, 0.05) is 20.1 Å². The Bertz CT molecular complexity index is 540. The van der Waals surface area contributed by atoms with E-state index in [1.807, 2.05) is 0 Å². The molecule has 0 bridgehead atoms.